The molecule has 0 saturated heterocycles. The van der Waals surface area contributed by atoms with E-state index in [2.05, 4.69) is 85.0 Å². The Morgan fingerprint density at radius 1 is 1.05 bits per heavy atom. The van der Waals surface area contributed by atoms with E-state index in [-0.39, 0.29) is 6.04 Å². The van der Waals surface area contributed by atoms with Gasteiger partial charge in [0.25, 0.3) is 0 Å². The Balaban J connectivity index is 2.37. The molecule has 0 aliphatic rings. The van der Waals surface area contributed by atoms with Crippen LogP contribution in [0.4, 0.5) is 5.69 Å². The van der Waals surface area contributed by atoms with Gasteiger partial charge < -0.3 is 10.6 Å². The minimum absolute atomic E-state index is 0.170. The Bertz CT molecular complexity index is 617. The summed E-state index contributed by atoms with van der Waals surface area (Å²) in [6, 6.07) is 13.2. The van der Waals surface area contributed by atoms with Crippen molar-refractivity contribution < 1.29 is 0 Å². The highest BCUT2D eigenvalue weighted by atomic mass is 79.9. The van der Waals surface area contributed by atoms with E-state index in [0.717, 1.165) is 4.47 Å². The number of hydrogen-bond donors (Lipinski definition) is 1. The molecule has 0 radical (unpaired) electrons. The maximum absolute atomic E-state index is 6.05. The zero-order valence-corrected chi connectivity index (χ0v) is 14.7. The first-order valence-corrected chi connectivity index (χ1v) is 7.99. The summed E-state index contributed by atoms with van der Waals surface area (Å²) in [6.07, 6.45) is 0. The fourth-order valence-corrected chi connectivity index (χ4v) is 3.06. The molecule has 0 bridgehead atoms. The van der Waals surface area contributed by atoms with Gasteiger partial charge in [0.2, 0.25) is 0 Å². The molecule has 21 heavy (non-hydrogen) atoms. The van der Waals surface area contributed by atoms with Gasteiger partial charge in [-0.2, -0.15) is 0 Å². The number of hydrogen-bond acceptors (Lipinski definition) is 2. The van der Waals surface area contributed by atoms with Crippen LogP contribution in [0.1, 0.15) is 28.3 Å². The third-order valence-electron chi connectivity index (χ3n) is 3.89. The highest BCUT2D eigenvalue weighted by Crippen LogP contribution is 2.29. The van der Waals surface area contributed by atoms with Gasteiger partial charge in [-0.1, -0.05) is 34.1 Å². The molecule has 0 aliphatic carbocycles. The fraction of sp³-hybridized carbons (Fsp3) is 0.333. The summed E-state index contributed by atoms with van der Waals surface area (Å²) in [5.74, 6) is 0. The third-order valence-corrected chi connectivity index (χ3v) is 4.74. The Labute approximate surface area is 136 Å². The molecule has 0 aromatic heterocycles. The summed E-state index contributed by atoms with van der Waals surface area (Å²) in [6.45, 7) is 6.94. The minimum atomic E-state index is 0.170. The van der Waals surface area contributed by atoms with Gasteiger partial charge in [-0.3, -0.25) is 0 Å². The van der Waals surface area contributed by atoms with Crippen LogP contribution in [0.15, 0.2) is 40.9 Å². The molecule has 0 heterocycles. The number of nitrogens with zero attached hydrogens (tertiary/aromatic N) is 1. The molecule has 2 aromatic rings. The lowest BCUT2D eigenvalue weighted by molar-refractivity contribution is 0.679. The van der Waals surface area contributed by atoms with Crippen molar-refractivity contribution in [3.05, 3.63) is 63.1 Å². The molecule has 0 aliphatic heterocycles. The topological polar surface area (TPSA) is 29.3 Å². The average molecular weight is 347 g/mol. The maximum Gasteiger partial charge on any atom is 0.0661 e. The summed E-state index contributed by atoms with van der Waals surface area (Å²) >= 11 is 3.61. The molecule has 3 heteroatoms. The van der Waals surface area contributed by atoms with Gasteiger partial charge >= 0.3 is 0 Å². The number of rotatable bonds is 4. The van der Waals surface area contributed by atoms with Gasteiger partial charge in [-0.25, -0.2) is 0 Å². The molecule has 1 atom stereocenters. The van der Waals surface area contributed by atoms with Crippen molar-refractivity contribution in [3.8, 4) is 0 Å². The Morgan fingerprint density at radius 3 is 2.19 bits per heavy atom. The van der Waals surface area contributed by atoms with Crippen molar-refractivity contribution in [1.82, 2.24) is 0 Å². The van der Waals surface area contributed by atoms with Crippen LogP contribution < -0.4 is 10.6 Å². The van der Waals surface area contributed by atoms with Gasteiger partial charge in [-0.05, 0) is 61.2 Å². The van der Waals surface area contributed by atoms with E-state index in [1.807, 2.05) is 0 Å². The number of anilines is 1. The Morgan fingerprint density at radius 2 is 1.67 bits per heavy atom. The van der Waals surface area contributed by atoms with Gasteiger partial charge in [0.15, 0.2) is 0 Å². The summed E-state index contributed by atoms with van der Waals surface area (Å²) in [4.78, 5) is 2.26. The second-order valence-corrected chi connectivity index (χ2v) is 6.57. The Kier molecular flexibility index (Phi) is 5.07. The van der Waals surface area contributed by atoms with E-state index in [1.165, 1.54) is 27.9 Å². The largest absolute Gasteiger partial charge is 0.366 e. The maximum atomic E-state index is 6.05. The van der Waals surface area contributed by atoms with Gasteiger partial charge in [-0.15, -0.1) is 0 Å². The number of likely N-dealkylation sites (N-methyl/N-ethyl adjacent to an activating group) is 1. The molecule has 2 aromatic carbocycles. The van der Waals surface area contributed by atoms with Crippen molar-refractivity contribution in [2.75, 3.05) is 18.5 Å². The van der Waals surface area contributed by atoms with Gasteiger partial charge in [0.1, 0.15) is 0 Å². The van der Waals surface area contributed by atoms with Crippen LogP contribution in [0.2, 0.25) is 0 Å². The van der Waals surface area contributed by atoms with E-state index >= 15 is 0 Å². The molecule has 2 rings (SSSR count). The molecular formula is C18H23BrN2. The van der Waals surface area contributed by atoms with E-state index in [1.54, 1.807) is 0 Å². The molecule has 1 unspecified atom stereocenters. The molecule has 0 fully saturated rings. The lowest BCUT2D eigenvalue weighted by Crippen LogP contribution is -2.30. The molecule has 2 N–H and O–H groups in total. The van der Waals surface area contributed by atoms with Crippen LogP contribution in [-0.4, -0.2) is 13.6 Å². The van der Waals surface area contributed by atoms with Crippen molar-refractivity contribution in [2.24, 2.45) is 5.73 Å². The first kappa shape index (κ1) is 16.1. The zero-order valence-electron chi connectivity index (χ0n) is 13.2. The molecular weight excluding hydrogens is 324 g/mol. The van der Waals surface area contributed by atoms with Gasteiger partial charge in [0, 0.05) is 23.8 Å². The lowest BCUT2D eigenvalue weighted by atomic mass is 10.0. The molecule has 0 amide bonds. The smallest absolute Gasteiger partial charge is 0.0661 e. The van der Waals surface area contributed by atoms with Crippen LogP contribution in [-0.2, 0) is 0 Å². The fourth-order valence-electron chi connectivity index (χ4n) is 2.67. The van der Waals surface area contributed by atoms with E-state index in [4.69, 9.17) is 5.73 Å². The van der Waals surface area contributed by atoms with Crippen molar-refractivity contribution >= 4 is 21.6 Å². The second kappa shape index (κ2) is 6.63. The lowest BCUT2D eigenvalue weighted by Gasteiger charge is -2.30. The number of benzene rings is 2. The summed E-state index contributed by atoms with van der Waals surface area (Å²) < 4.78 is 1.13. The molecule has 112 valence electrons. The van der Waals surface area contributed by atoms with Crippen molar-refractivity contribution in [3.63, 3.8) is 0 Å². The summed E-state index contributed by atoms with van der Waals surface area (Å²) in [5.41, 5.74) is 12.3. The van der Waals surface area contributed by atoms with E-state index in [0.29, 0.717) is 6.54 Å². The number of aryl methyl sites for hydroxylation is 3. The van der Waals surface area contributed by atoms with Crippen LogP contribution in [0, 0.1) is 20.8 Å². The third kappa shape index (κ3) is 3.66. The highest BCUT2D eigenvalue weighted by molar-refractivity contribution is 9.10. The van der Waals surface area contributed by atoms with Crippen LogP contribution in [0.3, 0.4) is 0 Å². The van der Waals surface area contributed by atoms with Crippen molar-refractivity contribution in [2.45, 2.75) is 26.8 Å². The summed E-state index contributed by atoms with van der Waals surface area (Å²) in [5, 5.41) is 0. The molecule has 0 spiro atoms. The van der Waals surface area contributed by atoms with E-state index in [9.17, 15) is 0 Å². The first-order valence-electron chi connectivity index (χ1n) is 7.19. The monoisotopic (exact) mass is 346 g/mol. The predicted octanol–water partition coefficient (Wildman–Crippen LogP) is 4.51. The number of nitrogens with two attached hydrogens (primary N) is 1. The first-order chi connectivity index (χ1) is 9.92. The highest BCUT2D eigenvalue weighted by Gasteiger charge is 2.17. The quantitative estimate of drug-likeness (QED) is 0.882. The zero-order chi connectivity index (χ0) is 15.6. The second-order valence-electron chi connectivity index (χ2n) is 5.72. The molecule has 2 nitrogen and oxygen atoms in total. The SMILES string of the molecule is Cc1cc(C)cc(N(C)C(CN)c2ccc(C)c(Br)c2)c1. The molecule has 0 saturated carbocycles. The van der Waals surface area contributed by atoms with Crippen LogP contribution >= 0.6 is 15.9 Å². The normalized spacial score (nSPS) is 12.3. The standard InChI is InChI=1S/C18H23BrN2/c1-12-7-13(2)9-16(8-12)21(4)18(11-20)15-6-5-14(3)17(19)10-15/h5-10,18H,11,20H2,1-4H3. The Hall–Kier alpha value is -1.32. The van der Waals surface area contributed by atoms with Crippen molar-refractivity contribution in [1.29, 1.82) is 0 Å². The number of halogens is 1. The van der Waals surface area contributed by atoms with Crippen LogP contribution in [0.5, 0.6) is 0 Å². The predicted molar refractivity (Wildman–Crippen MR) is 95.0 cm³/mol. The summed E-state index contributed by atoms with van der Waals surface area (Å²) in [7, 11) is 2.11. The average Bonchev–Trinajstić information content (AvgIpc) is 2.42. The van der Waals surface area contributed by atoms with E-state index < -0.39 is 0 Å². The van der Waals surface area contributed by atoms with Gasteiger partial charge in [0.05, 0.1) is 6.04 Å². The minimum Gasteiger partial charge on any atom is -0.366 e. The van der Waals surface area contributed by atoms with Crippen LogP contribution in [0.25, 0.3) is 0 Å².